The molecule has 0 bridgehead atoms. The Morgan fingerprint density at radius 3 is 1.43 bits per heavy atom. The highest BCUT2D eigenvalue weighted by Gasteiger charge is 1.80. The van der Waals surface area contributed by atoms with E-state index in [4.69, 9.17) is 5.73 Å². The first kappa shape index (κ1) is 19.7. The van der Waals surface area contributed by atoms with Crippen LogP contribution in [-0.2, 0) is 0 Å². The molecule has 0 atom stereocenters. The molecular weight excluding hydrogens is 254 g/mol. The van der Waals surface area contributed by atoms with E-state index >= 15 is 0 Å². The summed E-state index contributed by atoms with van der Waals surface area (Å²) in [4.78, 5) is 0. The molecule has 0 aliphatic heterocycles. The van der Waals surface area contributed by atoms with Crippen molar-refractivity contribution in [2.75, 3.05) is 6.54 Å². The van der Waals surface area contributed by atoms with Crippen LogP contribution in [0, 0.1) is 0 Å². The lowest BCUT2D eigenvalue weighted by Gasteiger charge is -1.90. The van der Waals surface area contributed by atoms with E-state index in [-0.39, 0.29) is 0 Å². The molecule has 0 aliphatic rings. The maximum atomic E-state index is 5.45. The molecule has 0 rings (SSSR count). The summed E-state index contributed by atoms with van der Waals surface area (Å²) in [7, 11) is 0. The van der Waals surface area contributed by atoms with Crippen molar-refractivity contribution in [1.29, 1.82) is 0 Å². The summed E-state index contributed by atoms with van der Waals surface area (Å²) in [6, 6.07) is 0. The van der Waals surface area contributed by atoms with Crippen LogP contribution in [0.25, 0.3) is 0 Å². The van der Waals surface area contributed by atoms with Gasteiger partial charge in [-0.05, 0) is 57.9 Å². The monoisotopic (exact) mass is 287 g/mol. The van der Waals surface area contributed by atoms with E-state index in [1.165, 1.54) is 6.42 Å². The fourth-order valence-corrected chi connectivity index (χ4v) is 1.78. The zero-order valence-electron chi connectivity index (χ0n) is 13.7. The molecule has 0 unspecified atom stereocenters. The molecule has 2 N–H and O–H groups in total. The van der Waals surface area contributed by atoms with Crippen LogP contribution < -0.4 is 5.73 Å². The Morgan fingerprint density at radius 1 is 0.571 bits per heavy atom. The van der Waals surface area contributed by atoms with Gasteiger partial charge in [0.05, 0.1) is 0 Å². The minimum atomic E-state index is 0.810. The minimum Gasteiger partial charge on any atom is -0.330 e. The van der Waals surface area contributed by atoms with Crippen molar-refractivity contribution in [2.24, 2.45) is 5.73 Å². The molecule has 0 heterocycles. The molecule has 0 saturated heterocycles. The van der Waals surface area contributed by atoms with Crippen LogP contribution in [-0.4, -0.2) is 6.54 Å². The molecule has 0 saturated carbocycles. The number of hydrogen-bond donors (Lipinski definition) is 1. The number of allylic oxidation sites excluding steroid dienone is 10. The van der Waals surface area contributed by atoms with Crippen molar-refractivity contribution in [1.82, 2.24) is 0 Å². The molecule has 21 heavy (non-hydrogen) atoms. The van der Waals surface area contributed by atoms with Crippen LogP contribution in [0.3, 0.4) is 0 Å². The highest BCUT2D eigenvalue weighted by Crippen LogP contribution is 1.98. The van der Waals surface area contributed by atoms with Gasteiger partial charge < -0.3 is 5.73 Å². The quantitative estimate of drug-likeness (QED) is 0.333. The van der Waals surface area contributed by atoms with E-state index in [1.54, 1.807) is 0 Å². The Hall–Kier alpha value is -1.34. The highest BCUT2D eigenvalue weighted by molar-refractivity contribution is 5.00. The third-order valence-electron chi connectivity index (χ3n) is 2.98. The Labute approximate surface area is 132 Å². The summed E-state index contributed by atoms with van der Waals surface area (Å²) < 4.78 is 0. The third kappa shape index (κ3) is 18.7. The zero-order chi connectivity index (χ0) is 15.4. The van der Waals surface area contributed by atoms with Gasteiger partial charge in [-0.2, -0.15) is 0 Å². The standard InChI is InChI=1S/C20H33N/c1-2-3-4-5-6-7-8-9-10-11-12-13-14-15-16-17-18-19-20-21/h3-4,6-7,9-10,12-13,15-16H,2,5,8,11,14,17-21H2,1H3. The molecular formula is C20H33N. The van der Waals surface area contributed by atoms with Crippen molar-refractivity contribution < 1.29 is 0 Å². The van der Waals surface area contributed by atoms with Gasteiger partial charge in [0.15, 0.2) is 0 Å². The lowest BCUT2D eigenvalue weighted by molar-refractivity contribution is 0.757. The van der Waals surface area contributed by atoms with Crippen molar-refractivity contribution in [2.45, 2.75) is 58.3 Å². The van der Waals surface area contributed by atoms with Crippen LogP contribution in [0.15, 0.2) is 60.8 Å². The second-order valence-corrected chi connectivity index (χ2v) is 4.99. The molecule has 1 nitrogen and oxygen atoms in total. The smallest absolute Gasteiger partial charge is 0.00772 e. The molecule has 0 fully saturated rings. The summed E-state index contributed by atoms with van der Waals surface area (Å²) in [5.41, 5.74) is 5.45. The maximum Gasteiger partial charge on any atom is -0.00772 e. The lowest BCUT2D eigenvalue weighted by atomic mass is 10.2. The Kier molecular flexibility index (Phi) is 17.5. The van der Waals surface area contributed by atoms with Crippen LogP contribution >= 0.6 is 0 Å². The predicted molar refractivity (Wildman–Crippen MR) is 97.4 cm³/mol. The average Bonchev–Trinajstić information content (AvgIpc) is 2.50. The Bertz CT molecular complexity index is 332. The molecule has 0 aromatic heterocycles. The van der Waals surface area contributed by atoms with E-state index in [0.717, 1.165) is 51.5 Å². The molecule has 0 aromatic rings. The van der Waals surface area contributed by atoms with Crippen molar-refractivity contribution >= 4 is 0 Å². The van der Waals surface area contributed by atoms with Gasteiger partial charge in [-0.15, -0.1) is 0 Å². The van der Waals surface area contributed by atoms with Crippen molar-refractivity contribution in [3.05, 3.63) is 60.8 Å². The molecule has 118 valence electrons. The fraction of sp³-hybridized carbons (Fsp3) is 0.500. The molecule has 0 spiro atoms. The SMILES string of the molecule is CCC=CCC=CCC=CCC=CCC=CCCCCN. The first-order valence-electron chi connectivity index (χ1n) is 8.36. The second-order valence-electron chi connectivity index (χ2n) is 4.99. The molecule has 0 amide bonds. The highest BCUT2D eigenvalue weighted by atomic mass is 14.5. The zero-order valence-corrected chi connectivity index (χ0v) is 13.7. The van der Waals surface area contributed by atoms with Gasteiger partial charge >= 0.3 is 0 Å². The predicted octanol–water partition coefficient (Wildman–Crippen LogP) is 5.87. The first-order chi connectivity index (χ1) is 10.4. The largest absolute Gasteiger partial charge is 0.330 e. The summed E-state index contributed by atoms with van der Waals surface area (Å²) in [6.45, 7) is 2.97. The average molecular weight is 287 g/mol. The topological polar surface area (TPSA) is 26.0 Å². The lowest BCUT2D eigenvalue weighted by Crippen LogP contribution is -1.96. The normalized spacial score (nSPS) is 13.0. The van der Waals surface area contributed by atoms with Gasteiger partial charge in [-0.25, -0.2) is 0 Å². The number of hydrogen-bond acceptors (Lipinski definition) is 1. The summed E-state index contributed by atoms with van der Waals surface area (Å²) in [6.07, 6.45) is 31.1. The number of unbranched alkanes of at least 4 members (excludes halogenated alkanes) is 2. The van der Waals surface area contributed by atoms with Gasteiger partial charge in [0.25, 0.3) is 0 Å². The van der Waals surface area contributed by atoms with Crippen LogP contribution in [0.2, 0.25) is 0 Å². The van der Waals surface area contributed by atoms with Gasteiger partial charge in [0, 0.05) is 0 Å². The minimum absolute atomic E-state index is 0.810. The Balaban J connectivity index is 3.41. The fourth-order valence-electron chi connectivity index (χ4n) is 1.78. The summed E-state index contributed by atoms with van der Waals surface area (Å²) >= 11 is 0. The van der Waals surface area contributed by atoms with Crippen molar-refractivity contribution in [3.63, 3.8) is 0 Å². The van der Waals surface area contributed by atoms with E-state index in [0.29, 0.717) is 0 Å². The van der Waals surface area contributed by atoms with E-state index in [2.05, 4.69) is 67.7 Å². The molecule has 0 aromatic carbocycles. The second kappa shape index (κ2) is 18.7. The van der Waals surface area contributed by atoms with Crippen molar-refractivity contribution in [3.8, 4) is 0 Å². The van der Waals surface area contributed by atoms with E-state index < -0.39 is 0 Å². The van der Waals surface area contributed by atoms with Crippen LogP contribution in [0.4, 0.5) is 0 Å². The maximum absolute atomic E-state index is 5.45. The van der Waals surface area contributed by atoms with Crippen LogP contribution in [0.1, 0.15) is 58.3 Å². The van der Waals surface area contributed by atoms with Gasteiger partial charge in [-0.3, -0.25) is 0 Å². The summed E-state index contributed by atoms with van der Waals surface area (Å²) in [5.74, 6) is 0. The third-order valence-corrected chi connectivity index (χ3v) is 2.98. The summed E-state index contributed by atoms with van der Waals surface area (Å²) in [5, 5.41) is 0. The first-order valence-corrected chi connectivity index (χ1v) is 8.36. The number of rotatable bonds is 13. The molecule has 1 heteroatoms. The van der Waals surface area contributed by atoms with Gasteiger partial charge in [0.1, 0.15) is 0 Å². The Morgan fingerprint density at radius 2 is 1.00 bits per heavy atom. The number of nitrogens with two attached hydrogens (primary N) is 1. The molecule has 0 radical (unpaired) electrons. The van der Waals surface area contributed by atoms with Crippen LogP contribution in [0.5, 0.6) is 0 Å². The van der Waals surface area contributed by atoms with E-state index in [9.17, 15) is 0 Å². The van der Waals surface area contributed by atoms with E-state index in [1.807, 2.05) is 0 Å². The molecule has 0 aliphatic carbocycles. The van der Waals surface area contributed by atoms with Gasteiger partial charge in [0.2, 0.25) is 0 Å². The van der Waals surface area contributed by atoms with Gasteiger partial charge in [-0.1, -0.05) is 67.7 Å².